The molecule has 0 N–H and O–H groups in total. The number of anilines is 1. The van der Waals surface area contributed by atoms with Crippen LogP contribution in [0.5, 0.6) is 0 Å². The summed E-state index contributed by atoms with van der Waals surface area (Å²) in [6.45, 7) is 3.35. The highest BCUT2D eigenvalue weighted by Gasteiger charge is 2.25. The minimum absolute atomic E-state index is 0.0733. The molecule has 1 fully saturated rings. The number of carbonyl (C=O) groups is 2. The zero-order chi connectivity index (χ0) is 23.7. The van der Waals surface area contributed by atoms with Gasteiger partial charge < -0.3 is 9.80 Å². The molecule has 6 nitrogen and oxygen atoms in total. The van der Waals surface area contributed by atoms with Crippen molar-refractivity contribution in [3.05, 3.63) is 90.0 Å². The van der Waals surface area contributed by atoms with Gasteiger partial charge in [0.2, 0.25) is 0 Å². The summed E-state index contributed by atoms with van der Waals surface area (Å²) in [6, 6.07) is 17.8. The van der Waals surface area contributed by atoms with E-state index >= 15 is 0 Å². The second kappa shape index (κ2) is 9.02. The number of piperazine rings is 1. The molecule has 5 rings (SSSR count). The van der Waals surface area contributed by atoms with Crippen LogP contribution < -0.4 is 4.90 Å². The van der Waals surface area contributed by atoms with Crippen LogP contribution >= 0.6 is 0 Å². The number of ketones is 1. The number of hydrogen-bond donors (Lipinski definition) is 0. The zero-order valence-corrected chi connectivity index (χ0v) is 18.7. The number of Topliss-reactive ketones (excluding diaryl/α,β-unsaturated/α-hetero) is 1. The van der Waals surface area contributed by atoms with E-state index in [4.69, 9.17) is 4.98 Å². The summed E-state index contributed by atoms with van der Waals surface area (Å²) >= 11 is 0. The van der Waals surface area contributed by atoms with Crippen LogP contribution in [0.25, 0.3) is 22.2 Å². The first-order valence-electron chi connectivity index (χ1n) is 11.2. The van der Waals surface area contributed by atoms with Crippen molar-refractivity contribution in [3.8, 4) is 11.3 Å². The average molecular weight is 455 g/mol. The van der Waals surface area contributed by atoms with E-state index in [9.17, 15) is 14.0 Å². The fourth-order valence-electron chi connectivity index (χ4n) is 4.32. The second-order valence-corrected chi connectivity index (χ2v) is 8.32. The summed E-state index contributed by atoms with van der Waals surface area (Å²) < 4.78 is 14.6. The Bertz CT molecular complexity index is 1380. The average Bonchev–Trinajstić information content (AvgIpc) is 2.88. The molecule has 0 spiro atoms. The molecular formula is C27H23FN4O2. The number of fused-ring (bicyclic) bond motifs is 1. The van der Waals surface area contributed by atoms with Gasteiger partial charge in [0.15, 0.2) is 5.78 Å². The smallest absolute Gasteiger partial charge is 0.254 e. The van der Waals surface area contributed by atoms with Gasteiger partial charge in [-0.3, -0.25) is 14.6 Å². The standard InChI is InChI=1S/C27H23FN4O2/c1-18(33)19-8-9-26(23(28)15-19)31-11-13-32(14-12-31)27(34)22-16-25(20-5-4-10-29-17-20)30-24-7-3-2-6-21(22)24/h2-10,15-17H,11-14H2,1H3. The fraction of sp³-hybridized carbons (Fsp3) is 0.185. The van der Waals surface area contributed by atoms with E-state index in [1.807, 2.05) is 47.4 Å². The first-order valence-corrected chi connectivity index (χ1v) is 11.2. The number of halogens is 1. The maximum atomic E-state index is 14.6. The highest BCUT2D eigenvalue weighted by atomic mass is 19.1. The first-order chi connectivity index (χ1) is 16.5. The van der Waals surface area contributed by atoms with E-state index in [1.54, 1.807) is 29.4 Å². The van der Waals surface area contributed by atoms with Gasteiger partial charge in [0, 0.05) is 55.1 Å². The van der Waals surface area contributed by atoms with Crippen LogP contribution in [0.3, 0.4) is 0 Å². The number of amides is 1. The van der Waals surface area contributed by atoms with Gasteiger partial charge in [-0.1, -0.05) is 18.2 Å². The third-order valence-corrected chi connectivity index (χ3v) is 6.17. The highest BCUT2D eigenvalue weighted by molar-refractivity contribution is 6.07. The van der Waals surface area contributed by atoms with Gasteiger partial charge in [0.25, 0.3) is 5.91 Å². The van der Waals surface area contributed by atoms with Crippen molar-refractivity contribution in [1.82, 2.24) is 14.9 Å². The molecule has 1 amide bonds. The molecule has 0 aliphatic carbocycles. The van der Waals surface area contributed by atoms with E-state index in [0.29, 0.717) is 48.7 Å². The Morgan fingerprint density at radius 3 is 2.44 bits per heavy atom. The minimum atomic E-state index is -0.422. The largest absolute Gasteiger partial charge is 0.366 e. The van der Waals surface area contributed by atoms with Crippen molar-refractivity contribution < 1.29 is 14.0 Å². The molecule has 170 valence electrons. The first kappa shape index (κ1) is 21.7. The van der Waals surface area contributed by atoms with Crippen molar-refractivity contribution in [2.45, 2.75) is 6.92 Å². The molecule has 2 aromatic heterocycles. The Morgan fingerprint density at radius 2 is 1.74 bits per heavy atom. The molecule has 0 saturated carbocycles. The van der Waals surface area contributed by atoms with E-state index in [0.717, 1.165) is 16.5 Å². The summed E-state index contributed by atoms with van der Waals surface area (Å²) in [4.78, 5) is 37.7. The molecule has 0 radical (unpaired) electrons. The number of hydrogen-bond acceptors (Lipinski definition) is 5. The van der Waals surface area contributed by atoms with Crippen LogP contribution in [-0.2, 0) is 0 Å². The van der Waals surface area contributed by atoms with Crippen LogP contribution in [0.15, 0.2) is 73.1 Å². The molecule has 7 heteroatoms. The van der Waals surface area contributed by atoms with Crippen LogP contribution in [0.2, 0.25) is 0 Å². The highest BCUT2D eigenvalue weighted by Crippen LogP contribution is 2.27. The van der Waals surface area contributed by atoms with E-state index < -0.39 is 5.82 Å². The SMILES string of the molecule is CC(=O)c1ccc(N2CCN(C(=O)c3cc(-c4cccnc4)nc4ccccc34)CC2)c(F)c1. The normalized spacial score (nSPS) is 13.8. The second-order valence-electron chi connectivity index (χ2n) is 8.32. The summed E-state index contributed by atoms with van der Waals surface area (Å²) in [7, 11) is 0. The lowest BCUT2D eigenvalue weighted by Crippen LogP contribution is -2.49. The number of para-hydroxylation sites is 1. The van der Waals surface area contributed by atoms with Gasteiger partial charge in [-0.2, -0.15) is 0 Å². The van der Waals surface area contributed by atoms with Gasteiger partial charge in [-0.25, -0.2) is 9.37 Å². The molecule has 4 aromatic rings. The Kier molecular flexibility index (Phi) is 5.76. The number of benzene rings is 2. The fourth-order valence-corrected chi connectivity index (χ4v) is 4.32. The molecule has 0 unspecified atom stereocenters. The molecule has 34 heavy (non-hydrogen) atoms. The molecule has 3 heterocycles. The Morgan fingerprint density at radius 1 is 0.941 bits per heavy atom. The van der Waals surface area contributed by atoms with Crippen molar-refractivity contribution in [2.75, 3.05) is 31.1 Å². The Labute approximate surface area is 196 Å². The molecule has 1 aliphatic rings. The van der Waals surface area contributed by atoms with E-state index in [-0.39, 0.29) is 11.7 Å². The lowest BCUT2D eigenvalue weighted by atomic mass is 10.0. The van der Waals surface area contributed by atoms with E-state index in [1.165, 1.54) is 13.0 Å². The third-order valence-electron chi connectivity index (χ3n) is 6.17. The summed E-state index contributed by atoms with van der Waals surface area (Å²) in [5.74, 6) is -0.666. The summed E-state index contributed by atoms with van der Waals surface area (Å²) in [6.07, 6.45) is 3.43. The maximum Gasteiger partial charge on any atom is 0.254 e. The minimum Gasteiger partial charge on any atom is -0.366 e. The molecule has 2 aromatic carbocycles. The maximum absolute atomic E-state index is 14.6. The van der Waals surface area contributed by atoms with Crippen molar-refractivity contribution in [1.29, 1.82) is 0 Å². The molecule has 0 atom stereocenters. The van der Waals surface area contributed by atoms with Crippen molar-refractivity contribution in [3.63, 3.8) is 0 Å². The lowest BCUT2D eigenvalue weighted by molar-refractivity contribution is 0.0748. The van der Waals surface area contributed by atoms with Crippen LogP contribution in [0.4, 0.5) is 10.1 Å². The molecule has 1 aliphatic heterocycles. The van der Waals surface area contributed by atoms with Crippen LogP contribution in [-0.4, -0.2) is 52.7 Å². The predicted octanol–water partition coefficient (Wildman–Crippen LogP) is 4.60. The zero-order valence-electron chi connectivity index (χ0n) is 18.7. The summed E-state index contributed by atoms with van der Waals surface area (Å²) in [5, 5.41) is 0.799. The molecular weight excluding hydrogens is 431 g/mol. The van der Waals surface area contributed by atoms with Gasteiger partial charge in [-0.05, 0) is 49.4 Å². The van der Waals surface area contributed by atoms with Crippen molar-refractivity contribution >= 4 is 28.3 Å². The monoisotopic (exact) mass is 454 g/mol. The Balaban J connectivity index is 1.40. The van der Waals surface area contributed by atoms with Gasteiger partial charge in [-0.15, -0.1) is 0 Å². The lowest BCUT2D eigenvalue weighted by Gasteiger charge is -2.36. The third kappa shape index (κ3) is 4.12. The number of aromatic nitrogens is 2. The van der Waals surface area contributed by atoms with Crippen LogP contribution in [0, 0.1) is 5.82 Å². The molecule has 0 bridgehead atoms. The Hall–Kier alpha value is -4.13. The number of pyridine rings is 2. The quantitative estimate of drug-likeness (QED) is 0.422. The summed E-state index contributed by atoms with van der Waals surface area (Å²) in [5.41, 5.74) is 3.68. The number of carbonyl (C=O) groups excluding carboxylic acids is 2. The predicted molar refractivity (Wildman–Crippen MR) is 129 cm³/mol. The van der Waals surface area contributed by atoms with Gasteiger partial charge in [0.1, 0.15) is 5.82 Å². The van der Waals surface area contributed by atoms with Crippen LogP contribution in [0.1, 0.15) is 27.6 Å². The van der Waals surface area contributed by atoms with E-state index in [2.05, 4.69) is 4.98 Å². The van der Waals surface area contributed by atoms with Gasteiger partial charge >= 0.3 is 0 Å². The number of rotatable bonds is 4. The number of nitrogens with zero attached hydrogens (tertiary/aromatic N) is 4. The van der Waals surface area contributed by atoms with Gasteiger partial charge in [0.05, 0.1) is 22.5 Å². The topological polar surface area (TPSA) is 66.4 Å². The molecule has 1 saturated heterocycles. The van der Waals surface area contributed by atoms with Crippen molar-refractivity contribution in [2.24, 2.45) is 0 Å².